The molecule has 1 saturated carbocycles. The Hall–Kier alpha value is -1.35. The molecule has 2 rings (SSSR count). The lowest BCUT2D eigenvalue weighted by Gasteiger charge is -2.08. The van der Waals surface area contributed by atoms with Gasteiger partial charge in [-0.1, -0.05) is 44.7 Å². The number of carbonyl (C=O) groups excluding carboxylic acids is 1. The molecule has 1 aliphatic carbocycles. The molecular formula is C18H28N2O. The van der Waals surface area contributed by atoms with Gasteiger partial charge in [0.05, 0.1) is 0 Å². The Balaban J connectivity index is 1.68. The fourth-order valence-electron chi connectivity index (χ4n) is 2.42. The highest BCUT2D eigenvalue weighted by atomic mass is 16.1. The summed E-state index contributed by atoms with van der Waals surface area (Å²) >= 11 is 0. The minimum Gasteiger partial charge on any atom is -0.326 e. The minimum absolute atomic E-state index is 0.138. The van der Waals surface area contributed by atoms with E-state index in [0.29, 0.717) is 12.5 Å². The van der Waals surface area contributed by atoms with Crippen molar-refractivity contribution in [3.63, 3.8) is 0 Å². The molecule has 0 saturated heterocycles. The molecule has 2 N–H and O–H groups in total. The molecule has 3 heteroatoms. The largest absolute Gasteiger partial charge is 0.326 e. The van der Waals surface area contributed by atoms with Crippen LogP contribution in [-0.4, -0.2) is 11.9 Å². The SMILES string of the molecule is CCCCCCCC(=O)Nc1cccc(CNC2CC2)c1. The number of nitrogens with one attached hydrogen (secondary N) is 2. The van der Waals surface area contributed by atoms with Crippen LogP contribution in [0.25, 0.3) is 0 Å². The van der Waals surface area contributed by atoms with Crippen LogP contribution in [0.5, 0.6) is 0 Å². The molecule has 0 atom stereocenters. The lowest BCUT2D eigenvalue weighted by Crippen LogP contribution is -2.16. The van der Waals surface area contributed by atoms with Crippen LogP contribution in [0, 0.1) is 0 Å². The summed E-state index contributed by atoms with van der Waals surface area (Å²) in [5.41, 5.74) is 2.16. The molecule has 1 aliphatic rings. The maximum Gasteiger partial charge on any atom is 0.224 e. The number of carbonyl (C=O) groups is 1. The molecule has 0 aromatic heterocycles. The fraction of sp³-hybridized carbons (Fsp3) is 0.611. The zero-order chi connectivity index (χ0) is 14.9. The van der Waals surface area contributed by atoms with E-state index in [4.69, 9.17) is 0 Å². The Bertz CT molecular complexity index is 441. The van der Waals surface area contributed by atoms with Gasteiger partial charge in [0.15, 0.2) is 0 Å². The zero-order valence-corrected chi connectivity index (χ0v) is 13.2. The first-order valence-electron chi connectivity index (χ1n) is 8.40. The first-order chi connectivity index (χ1) is 10.3. The topological polar surface area (TPSA) is 41.1 Å². The van der Waals surface area contributed by atoms with Crippen molar-refractivity contribution in [2.24, 2.45) is 0 Å². The molecule has 1 fully saturated rings. The predicted molar refractivity (Wildman–Crippen MR) is 88.3 cm³/mol. The van der Waals surface area contributed by atoms with Gasteiger partial charge in [0, 0.05) is 24.7 Å². The van der Waals surface area contributed by atoms with Crippen molar-refractivity contribution >= 4 is 11.6 Å². The molecule has 0 bridgehead atoms. The van der Waals surface area contributed by atoms with Crippen LogP contribution in [0.2, 0.25) is 0 Å². The number of hydrogen-bond acceptors (Lipinski definition) is 2. The molecule has 0 radical (unpaired) electrons. The molecule has 3 nitrogen and oxygen atoms in total. The highest BCUT2D eigenvalue weighted by Crippen LogP contribution is 2.20. The lowest BCUT2D eigenvalue weighted by atomic mass is 10.1. The van der Waals surface area contributed by atoms with Gasteiger partial charge in [-0.15, -0.1) is 0 Å². The van der Waals surface area contributed by atoms with Crippen molar-refractivity contribution in [2.75, 3.05) is 5.32 Å². The third-order valence-corrected chi connectivity index (χ3v) is 3.89. The second-order valence-corrected chi connectivity index (χ2v) is 6.07. The van der Waals surface area contributed by atoms with Crippen LogP contribution >= 0.6 is 0 Å². The van der Waals surface area contributed by atoms with Crippen molar-refractivity contribution in [2.45, 2.75) is 70.9 Å². The normalized spacial score (nSPS) is 14.1. The predicted octanol–water partition coefficient (Wildman–Crippen LogP) is 4.24. The Morgan fingerprint density at radius 1 is 1.19 bits per heavy atom. The third kappa shape index (κ3) is 6.76. The summed E-state index contributed by atoms with van der Waals surface area (Å²) in [6.07, 6.45) is 9.15. The van der Waals surface area contributed by atoms with Gasteiger partial charge in [-0.25, -0.2) is 0 Å². The summed E-state index contributed by atoms with van der Waals surface area (Å²) < 4.78 is 0. The standard InChI is InChI=1S/C18H28N2O/c1-2-3-4-5-6-10-18(21)20-17-9-7-8-15(13-17)14-19-16-11-12-16/h7-9,13,16,19H,2-6,10-12,14H2,1H3,(H,20,21). The van der Waals surface area contributed by atoms with Gasteiger partial charge in [-0.05, 0) is 37.0 Å². The second kappa shape index (κ2) is 8.83. The monoisotopic (exact) mass is 288 g/mol. The van der Waals surface area contributed by atoms with Crippen LogP contribution in [0.1, 0.15) is 63.9 Å². The van der Waals surface area contributed by atoms with E-state index in [1.165, 1.54) is 37.7 Å². The number of amides is 1. The quantitative estimate of drug-likeness (QED) is 0.632. The molecule has 0 spiro atoms. The van der Waals surface area contributed by atoms with Crippen molar-refractivity contribution in [1.29, 1.82) is 0 Å². The van der Waals surface area contributed by atoms with E-state index < -0.39 is 0 Å². The van der Waals surface area contributed by atoms with E-state index in [-0.39, 0.29) is 5.91 Å². The third-order valence-electron chi connectivity index (χ3n) is 3.89. The van der Waals surface area contributed by atoms with Crippen LogP contribution in [0.3, 0.4) is 0 Å². The van der Waals surface area contributed by atoms with E-state index in [0.717, 1.165) is 25.1 Å². The van der Waals surface area contributed by atoms with Gasteiger partial charge in [-0.2, -0.15) is 0 Å². The first kappa shape index (κ1) is 16.0. The van der Waals surface area contributed by atoms with Gasteiger partial charge in [0.25, 0.3) is 0 Å². The van der Waals surface area contributed by atoms with Gasteiger partial charge in [0.2, 0.25) is 5.91 Å². The number of rotatable bonds is 10. The number of unbranched alkanes of at least 4 members (excludes halogenated alkanes) is 4. The van der Waals surface area contributed by atoms with Crippen LogP contribution in [0.15, 0.2) is 24.3 Å². The summed E-state index contributed by atoms with van der Waals surface area (Å²) in [6, 6.07) is 8.88. The minimum atomic E-state index is 0.138. The molecule has 1 aromatic carbocycles. The van der Waals surface area contributed by atoms with E-state index in [9.17, 15) is 4.79 Å². The molecular weight excluding hydrogens is 260 g/mol. The molecule has 21 heavy (non-hydrogen) atoms. The summed E-state index contributed by atoms with van der Waals surface area (Å²) in [4.78, 5) is 11.9. The van der Waals surface area contributed by atoms with E-state index in [1.54, 1.807) is 0 Å². The van der Waals surface area contributed by atoms with E-state index >= 15 is 0 Å². The number of benzene rings is 1. The molecule has 0 unspecified atom stereocenters. The molecule has 1 amide bonds. The average Bonchev–Trinajstić information content (AvgIpc) is 3.29. The van der Waals surface area contributed by atoms with E-state index in [1.807, 2.05) is 12.1 Å². The Labute approximate surface area is 128 Å². The summed E-state index contributed by atoms with van der Waals surface area (Å²) in [5, 5.41) is 6.50. The van der Waals surface area contributed by atoms with Crippen LogP contribution in [-0.2, 0) is 11.3 Å². The maximum absolute atomic E-state index is 11.9. The van der Waals surface area contributed by atoms with Gasteiger partial charge >= 0.3 is 0 Å². The van der Waals surface area contributed by atoms with Crippen molar-refractivity contribution < 1.29 is 4.79 Å². The highest BCUT2D eigenvalue weighted by molar-refractivity contribution is 5.90. The summed E-state index contributed by atoms with van der Waals surface area (Å²) in [6.45, 7) is 3.10. The van der Waals surface area contributed by atoms with Crippen LogP contribution in [0.4, 0.5) is 5.69 Å². The average molecular weight is 288 g/mol. The molecule has 0 heterocycles. The summed E-state index contributed by atoms with van der Waals surface area (Å²) in [7, 11) is 0. The number of hydrogen-bond donors (Lipinski definition) is 2. The highest BCUT2D eigenvalue weighted by Gasteiger charge is 2.19. The Kier molecular flexibility index (Phi) is 6.74. The van der Waals surface area contributed by atoms with E-state index in [2.05, 4.69) is 29.7 Å². The second-order valence-electron chi connectivity index (χ2n) is 6.07. The first-order valence-corrected chi connectivity index (χ1v) is 8.40. The van der Waals surface area contributed by atoms with Crippen LogP contribution < -0.4 is 10.6 Å². The smallest absolute Gasteiger partial charge is 0.224 e. The van der Waals surface area contributed by atoms with Gasteiger partial charge in [-0.3, -0.25) is 4.79 Å². The maximum atomic E-state index is 11.9. The molecule has 1 aromatic rings. The summed E-state index contributed by atoms with van der Waals surface area (Å²) in [5.74, 6) is 0.138. The molecule has 0 aliphatic heterocycles. The lowest BCUT2D eigenvalue weighted by molar-refractivity contribution is -0.116. The fourth-order valence-corrected chi connectivity index (χ4v) is 2.42. The molecule has 116 valence electrons. The van der Waals surface area contributed by atoms with Crippen molar-refractivity contribution in [1.82, 2.24) is 5.32 Å². The zero-order valence-electron chi connectivity index (χ0n) is 13.2. The van der Waals surface area contributed by atoms with Crippen molar-refractivity contribution in [3.8, 4) is 0 Å². The van der Waals surface area contributed by atoms with Crippen molar-refractivity contribution in [3.05, 3.63) is 29.8 Å². The Morgan fingerprint density at radius 3 is 2.76 bits per heavy atom. The van der Waals surface area contributed by atoms with Gasteiger partial charge < -0.3 is 10.6 Å². The van der Waals surface area contributed by atoms with Gasteiger partial charge in [0.1, 0.15) is 0 Å². The number of anilines is 1. The Morgan fingerprint density at radius 2 is 2.00 bits per heavy atom.